The van der Waals surface area contributed by atoms with Crippen LogP contribution in [-0.2, 0) is 11.8 Å². The highest BCUT2D eigenvalue weighted by atomic mass is 16.2. The van der Waals surface area contributed by atoms with Gasteiger partial charge in [0.2, 0.25) is 11.9 Å². The summed E-state index contributed by atoms with van der Waals surface area (Å²) in [6, 6.07) is 4.06. The van der Waals surface area contributed by atoms with E-state index in [1.807, 2.05) is 23.7 Å². The molecular formula is C15H21N5O. The van der Waals surface area contributed by atoms with E-state index in [2.05, 4.69) is 34.0 Å². The highest BCUT2D eigenvalue weighted by Crippen LogP contribution is 2.22. The largest absolute Gasteiger partial charge is 0.298 e. The summed E-state index contributed by atoms with van der Waals surface area (Å²) in [4.78, 5) is 23.5. The number of aromatic nitrogens is 3. The molecule has 1 atom stereocenters. The molecule has 1 saturated heterocycles. The summed E-state index contributed by atoms with van der Waals surface area (Å²) < 4.78 is 1.82. The monoisotopic (exact) mass is 287 g/mol. The van der Waals surface area contributed by atoms with Crippen LogP contribution in [0.5, 0.6) is 0 Å². The van der Waals surface area contributed by atoms with E-state index in [9.17, 15) is 4.79 Å². The first-order valence-electron chi connectivity index (χ1n) is 7.42. The fourth-order valence-corrected chi connectivity index (χ4v) is 3.02. The van der Waals surface area contributed by atoms with Gasteiger partial charge in [-0.2, -0.15) is 0 Å². The van der Waals surface area contributed by atoms with Crippen LogP contribution < -0.4 is 5.32 Å². The maximum Gasteiger partial charge on any atom is 0.244 e. The van der Waals surface area contributed by atoms with Crippen LogP contribution in [0.1, 0.15) is 26.7 Å². The summed E-state index contributed by atoms with van der Waals surface area (Å²) in [7, 11) is 1.87. The summed E-state index contributed by atoms with van der Waals surface area (Å²) in [6.07, 6.45) is 3.71. The van der Waals surface area contributed by atoms with Gasteiger partial charge in [0, 0.05) is 19.3 Å². The molecule has 6 heteroatoms. The van der Waals surface area contributed by atoms with Crippen molar-refractivity contribution < 1.29 is 4.79 Å². The van der Waals surface area contributed by atoms with Crippen LogP contribution in [-0.4, -0.2) is 44.0 Å². The van der Waals surface area contributed by atoms with Crippen molar-refractivity contribution in [2.24, 2.45) is 7.05 Å². The molecule has 0 aromatic carbocycles. The molecule has 0 bridgehead atoms. The molecule has 1 aliphatic heterocycles. The van der Waals surface area contributed by atoms with Crippen molar-refractivity contribution in [3.8, 4) is 0 Å². The lowest BCUT2D eigenvalue weighted by Crippen LogP contribution is -2.43. The molecule has 1 amide bonds. The molecule has 1 fully saturated rings. The number of anilines is 1. The van der Waals surface area contributed by atoms with Crippen molar-refractivity contribution in [2.75, 3.05) is 11.9 Å². The third-order valence-electron chi connectivity index (χ3n) is 4.12. The number of imidazole rings is 1. The van der Waals surface area contributed by atoms with E-state index < -0.39 is 0 Å². The molecule has 1 N–H and O–H groups in total. The molecule has 1 aliphatic rings. The van der Waals surface area contributed by atoms with Crippen LogP contribution in [0.3, 0.4) is 0 Å². The number of fused-ring (bicyclic) bond motifs is 1. The Kier molecular flexibility index (Phi) is 3.63. The second-order valence-electron chi connectivity index (χ2n) is 5.82. The first-order chi connectivity index (χ1) is 10.1. The molecule has 3 heterocycles. The molecule has 0 spiro atoms. The molecule has 21 heavy (non-hydrogen) atoms. The van der Waals surface area contributed by atoms with Gasteiger partial charge in [0.25, 0.3) is 0 Å². The van der Waals surface area contributed by atoms with Gasteiger partial charge in [-0.1, -0.05) is 0 Å². The zero-order valence-electron chi connectivity index (χ0n) is 12.7. The molecule has 0 unspecified atom stereocenters. The maximum absolute atomic E-state index is 12.5. The van der Waals surface area contributed by atoms with Crippen LogP contribution in [0.25, 0.3) is 11.2 Å². The number of hydrogen-bond acceptors (Lipinski definition) is 4. The number of rotatable bonds is 3. The average Bonchev–Trinajstić information content (AvgIpc) is 3.05. The standard InChI is InChI=1S/C15H21N5O/c1-10(2)20-9-5-7-12(20)14(21)18-15-17-11-6-4-8-16-13(11)19(15)3/h4,6,8,10,12H,5,7,9H2,1-3H3,(H,17,18,21)/t12-/m0/s1. The van der Waals surface area contributed by atoms with Gasteiger partial charge >= 0.3 is 0 Å². The van der Waals surface area contributed by atoms with Gasteiger partial charge in [-0.05, 0) is 45.4 Å². The fourth-order valence-electron chi connectivity index (χ4n) is 3.02. The van der Waals surface area contributed by atoms with Crippen LogP contribution in [0.2, 0.25) is 0 Å². The Morgan fingerprint density at radius 1 is 1.48 bits per heavy atom. The van der Waals surface area contributed by atoms with Gasteiger partial charge in [0.15, 0.2) is 5.65 Å². The number of aryl methyl sites for hydroxylation is 1. The van der Waals surface area contributed by atoms with Crippen molar-refractivity contribution in [1.29, 1.82) is 0 Å². The van der Waals surface area contributed by atoms with Crippen LogP contribution >= 0.6 is 0 Å². The average molecular weight is 287 g/mol. The van der Waals surface area contributed by atoms with Crippen LogP contribution in [0.4, 0.5) is 5.95 Å². The summed E-state index contributed by atoms with van der Waals surface area (Å²) in [6.45, 7) is 5.25. The van der Waals surface area contributed by atoms with Gasteiger partial charge in [0.1, 0.15) is 5.52 Å². The van der Waals surface area contributed by atoms with Crippen LogP contribution in [0, 0.1) is 0 Å². The Morgan fingerprint density at radius 3 is 3.00 bits per heavy atom. The number of amides is 1. The SMILES string of the molecule is CC(C)N1CCC[C@H]1C(=O)Nc1nc2cccnc2n1C. The van der Waals surface area contributed by atoms with Gasteiger partial charge in [0.05, 0.1) is 6.04 Å². The number of carbonyl (C=O) groups excluding carboxylic acids is 1. The first-order valence-corrected chi connectivity index (χ1v) is 7.42. The molecule has 2 aromatic heterocycles. The number of nitrogens with one attached hydrogen (secondary N) is 1. The minimum Gasteiger partial charge on any atom is -0.298 e. The van der Waals surface area contributed by atoms with Crippen molar-refractivity contribution in [1.82, 2.24) is 19.4 Å². The lowest BCUT2D eigenvalue weighted by molar-refractivity contribution is -0.120. The third-order valence-corrected chi connectivity index (χ3v) is 4.12. The zero-order chi connectivity index (χ0) is 15.0. The number of likely N-dealkylation sites (tertiary alicyclic amines) is 1. The van der Waals surface area contributed by atoms with Gasteiger partial charge in [-0.25, -0.2) is 9.97 Å². The summed E-state index contributed by atoms with van der Waals surface area (Å²) in [5, 5.41) is 2.96. The maximum atomic E-state index is 12.5. The van der Waals surface area contributed by atoms with Gasteiger partial charge in [-0.15, -0.1) is 0 Å². The van der Waals surface area contributed by atoms with Crippen molar-refractivity contribution in [3.63, 3.8) is 0 Å². The van der Waals surface area contributed by atoms with E-state index in [1.54, 1.807) is 6.20 Å². The summed E-state index contributed by atoms with van der Waals surface area (Å²) in [5.74, 6) is 0.587. The number of nitrogens with zero attached hydrogens (tertiary/aromatic N) is 4. The molecule has 0 saturated carbocycles. The van der Waals surface area contributed by atoms with Crippen molar-refractivity contribution in [2.45, 2.75) is 38.8 Å². The predicted octanol–water partition coefficient (Wildman–Crippen LogP) is 1.78. The highest BCUT2D eigenvalue weighted by Gasteiger charge is 2.32. The minimum absolute atomic E-state index is 0.0274. The second-order valence-corrected chi connectivity index (χ2v) is 5.82. The van der Waals surface area contributed by atoms with E-state index in [4.69, 9.17) is 0 Å². The minimum atomic E-state index is -0.0576. The Bertz CT molecular complexity index is 663. The highest BCUT2D eigenvalue weighted by molar-refractivity contribution is 5.95. The van der Waals surface area contributed by atoms with Gasteiger partial charge < -0.3 is 0 Å². The van der Waals surface area contributed by atoms with Crippen LogP contribution in [0.15, 0.2) is 18.3 Å². The van der Waals surface area contributed by atoms with E-state index >= 15 is 0 Å². The Morgan fingerprint density at radius 2 is 2.29 bits per heavy atom. The lowest BCUT2D eigenvalue weighted by atomic mass is 10.2. The lowest BCUT2D eigenvalue weighted by Gasteiger charge is -2.27. The summed E-state index contributed by atoms with van der Waals surface area (Å²) >= 11 is 0. The van der Waals surface area contributed by atoms with Crippen molar-refractivity contribution >= 4 is 23.0 Å². The normalized spacial score (nSPS) is 19.5. The molecule has 0 radical (unpaired) electrons. The number of hydrogen-bond donors (Lipinski definition) is 1. The molecule has 3 rings (SSSR count). The topological polar surface area (TPSA) is 63.1 Å². The summed E-state index contributed by atoms with van der Waals surface area (Å²) in [5.41, 5.74) is 1.57. The molecule has 112 valence electrons. The van der Waals surface area contributed by atoms with E-state index in [0.29, 0.717) is 12.0 Å². The second kappa shape index (κ2) is 5.44. The molecule has 2 aromatic rings. The molecule has 6 nitrogen and oxygen atoms in total. The van der Waals surface area contributed by atoms with E-state index in [-0.39, 0.29) is 11.9 Å². The van der Waals surface area contributed by atoms with Crippen molar-refractivity contribution in [3.05, 3.63) is 18.3 Å². The Balaban J connectivity index is 1.82. The van der Waals surface area contributed by atoms with E-state index in [1.165, 1.54) is 0 Å². The fraction of sp³-hybridized carbons (Fsp3) is 0.533. The Hall–Kier alpha value is -1.95. The van der Waals surface area contributed by atoms with Gasteiger partial charge in [-0.3, -0.25) is 19.6 Å². The predicted molar refractivity (Wildman–Crippen MR) is 82.0 cm³/mol. The third kappa shape index (κ3) is 2.51. The smallest absolute Gasteiger partial charge is 0.244 e. The first kappa shape index (κ1) is 14.0. The molecule has 0 aliphatic carbocycles. The number of carbonyl (C=O) groups is 1. The Labute approximate surface area is 124 Å². The quantitative estimate of drug-likeness (QED) is 0.934. The van der Waals surface area contributed by atoms with E-state index in [0.717, 1.165) is 30.6 Å². The number of pyridine rings is 1. The zero-order valence-corrected chi connectivity index (χ0v) is 12.7. The molecular weight excluding hydrogens is 266 g/mol.